The highest BCUT2D eigenvalue weighted by Gasteiger charge is 2.02. The quantitative estimate of drug-likeness (QED) is 0.740. The Kier molecular flexibility index (Phi) is 1.75. The monoisotopic (exact) mass is 237 g/mol. The number of hydrogen-bond acceptors (Lipinski definition) is 2. The van der Waals surface area contributed by atoms with Crippen LogP contribution in [0, 0.1) is 3.77 Å². The van der Waals surface area contributed by atoms with Crippen molar-refractivity contribution in [3.8, 4) is 0 Å². The van der Waals surface area contributed by atoms with Crippen molar-refractivity contribution in [1.82, 2.24) is 0 Å². The minimum absolute atomic E-state index is 0.416. The molecule has 1 aromatic heterocycles. The van der Waals surface area contributed by atoms with Crippen LogP contribution in [0.4, 0.5) is 0 Å². The molecule has 0 saturated carbocycles. The standard InChI is InChI=1S/C5H4INO2/c6-4-1-3(2-9-4)5(7)8/h1-2H,(H2,7,8). The molecule has 1 aromatic rings. The molecule has 0 aromatic carbocycles. The molecule has 2 N–H and O–H groups in total. The van der Waals surface area contributed by atoms with E-state index in [0.29, 0.717) is 9.33 Å². The normalized spacial score (nSPS) is 9.44. The SMILES string of the molecule is NC(=O)c1coc(I)c1. The van der Waals surface area contributed by atoms with Crippen LogP contribution in [-0.2, 0) is 0 Å². The predicted molar refractivity (Wildman–Crippen MR) is 39.9 cm³/mol. The summed E-state index contributed by atoms with van der Waals surface area (Å²) in [6.07, 6.45) is 1.34. The average Bonchev–Trinajstić information content (AvgIpc) is 2.14. The molecule has 0 bridgehead atoms. The smallest absolute Gasteiger partial charge is 0.251 e. The van der Waals surface area contributed by atoms with Crippen LogP contribution in [0.5, 0.6) is 0 Å². The van der Waals surface area contributed by atoms with Crippen LogP contribution in [0.3, 0.4) is 0 Å². The van der Waals surface area contributed by atoms with Gasteiger partial charge in [0.05, 0.1) is 5.56 Å². The van der Waals surface area contributed by atoms with Crippen molar-refractivity contribution in [1.29, 1.82) is 0 Å². The lowest BCUT2D eigenvalue weighted by molar-refractivity contribution is 0.0999. The molecule has 0 unspecified atom stereocenters. The van der Waals surface area contributed by atoms with E-state index in [2.05, 4.69) is 0 Å². The molecule has 9 heavy (non-hydrogen) atoms. The van der Waals surface area contributed by atoms with E-state index in [1.807, 2.05) is 22.6 Å². The summed E-state index contributed by atoms with van der Waals surface area (Å²) in [4.78, 5) is 10.4. The Morgan fingerprint density at radius 1 is 1.78 bits per heavy atom. The molecule has 0 spiro atoms. The van der Waals surface area contributed by atoms with Gasteiger partial charge in [-0.25, -0.2) is 0 Å². The van der Waals surface area contributed by atoms with Crippen molar-refractivity contribution in [2.45, 2.75) is 0 Å². The lowest BCUT2D eigenvalue weighted by Crippen LogP contribution is -2.08. The van der Waals surface area contributed by atoms with Gasteiger partial charge in [-0.3, -0.25) is 4.79 Å². The minimum atomic E-state index is -0.457. The molecule has 0 saturated heterocycles. The summed E-state index contributed by atoms with van der Waals surface area (Å²) in [5, 5.41) is 0. The summed E-state index contributed by atoms with van der Waals surface area (Å²) >= 11 is 1.96. The summed E-state index contributed by atoms with van der Waals surface area (Å²) in [5.41, 5.74) is 5.34. The average molecular weight is 237 g/mol. The third kappa shape index (κ3) is 1.44. The Hall–Kier alpha value is -0.520. The van der Waals surface area contributed by atoms with E-state index < -0.39 is 5.91 Å². The van der Waals surface area contributed by atoms with Crippen LogP contribution >= 0.6 is 22.6 Å². The molecule has 0 aliphatic rings. The Morgan fingerprint density at radius 2 is 2.44 bits per heavy atom. The molecule has 0 aliphatic heterocycles. The number of amides is 1. The van der Waals surface area contributed by atoms with Crippen LogP contribution in [0.15, 0.2) is 16.7 Å². The second-order valence-corrected chi connectivity index (χ2v) is 2.57. The summed E-state index contributed by atoms with van der Waals surface area (Å²) < 4.78 is 5.48. The van der Waals surface area contributed by atoms with Gasteiger partial charge in [0.25, 0.3) is 5.91 Å². The molecule has 1 heterocycles. The maximum absolute atomic E-state index is 10.4. The first-order valence-electron chi connectivity index (χ1n) is 2.24. The zero-order valence-corrected chi connectivity index (χ0v) is 6.58. The molecule has 3 nitrogen and oxygen atoms in total. The highest BCUT2D eigenvalue weighted by atomic mass is 127. The van der Waals surface area contributed by atoms with Crippen LogP contribution in [0.1, 0.15) is 10.4 Å². The number of halogens is 1. The van der Waals surface area contributed by atoms with Crippen molar-refractivity contribution in [3.05, 3.63) is 21.7 Å². The second-order valence-electron chi connectivity index (χ2n) is 1.50. The van der Waals surface area contributed by atoms with Crippen LogP contribution < -0.4 is 5.73 Å². The lowest BCUT2D eigenvalue weighted by atomic mass is 10.3. The fourth-order valence-electron chi connectivity index (χ4n) is 0.439. The largest absolute Gasteiger partial charge is 0.458 e. The van der Waals surface area contributed by atoms with Gasteiger partial charge in [-0.2, -0.15) is 0 Å². The molecule has 0 atom stereocenters. The first kappa shape index (κ1) is 6.60. The Bertz CT molecular complexity index is 231. The number of furan rings is 1. The van der Waals surface area contributed by atoms with Crippen molar-refractivity contribution in [2.24, 2.45) is 5.73 Å². The summed E-state index contributed by atoms with van der Waals surface area (Å²) in [7, 11) is 0. The second kappa shape index (κ2) is 2.38. The van der Waals surface area contributed by atoms with Gasteiger partial charge < -0.3 is 10.2 Å². The fourth-order valence-corrected chi connectivity index (χ4v) is 0.902. The van der Waals surface area contributed by atoms with Crippen LogP contribution in [-0.4, -0.2) is 5.91 Å². The number of nitrogens with two attached hydrogens (primary N) is 1. The van der Waals surface area contributed by atoms with Gasteiger partial charge in [-0.15, -0.1) is 0 Å². The molecule has 4 heteroatoms. The zero-order chi connectivity index (χ0) is 6.85. The number of primary amides is 1. The number of carbonyl (C=O) groups is 1. The van der Waals surface area contributed by atoms with E-state index in [0.717, 1.165) is 0 Å². The number of carbonyl (C=O) groups excluding carboxylic acids is 1. The van der Waals surface area contributed by atoms with Crippen LogP contribution in [0.2, 0.25) is 0 Å². The first-order valence-corrected chi connectivity index (χ1v) is 3.32. The third-order valence-corrected chi connectivity index (χ3v) is 1.42. The minimum Gasteiger partial charge on any atom is -0.458 e. The van der Waals surface area contributed by atoms with Crippen molar-refractivity contribution >= 4 is 28.5 Å². The molecule has 0 aliphatic carbocycles. The molecule has 0 fully saturated rings. The molecular weight excluding hydrogens is 233 g/mol. The Morgan fingerprint density at radius 3 is 2.67 bits per heavy atom. The van der Waals surface area contributed by atoms with Gasteiger partial charge in [0.15, 0.2) is 3.77 Å². The summed E-state index contributed by atoms with van der Waals surface area (Å²) in [6.45, 7) is 0. The maximum atomic E-state index is 10.4. The van der Waals surface area contributed by atoms with Crippen LogP contribution in [0.25, 0.3) is 0 Å². The molecule has 0 radical (unpaired) electrons. The molecular formula is C5H4INO2. The van der Waals surface area contributed by atoms with Gasteiger partial charge in [0, 0.05) is 6.07 Å². The zero-order valence-electron chi connectivity index (χ0n) is 4.43. The van der Waals surface area contributed by atoms with E-state index >= 15 is 0 Å². The Labute approximate surface area is 65.4 Å². The van der Waals surface area contributed by atoms with E-state index in [4.69, 9.17) is 10.2 Å². The lowest BCUT2D eigenvalue weighted by Gasteiger charge is -1.79. The van der Waals surface area contributed by atoms with E-state index in [1.54, 1.807) is 6.07 Å². The van der Waals surface area contributed by atoms with E-state index in [-0.39, 0.29) is 0 Å². The topological polar surface area (TPSA) is 56.2 Å². The van der Waals surface area contributed by atoms with E-state index in [9.17, 15) is 4.79 Å². The maximum Gasteiger partial charge on any atom is 0.251 e. The third-order valence-electron chi connectivity index (χ3n) is 0.852. The predicted octanol–water partition coefficient (Wildman–Crippen LogP) is 0.983. The first-order chi connectivity index (χ1) is 4.20. The number of hydrogen-bond donors (Lipinski definition) is 1. The van der Waals surface area contributed by atoms with Crippen molar-refractivity contribution in [3.63, 3.8) is 0 Å². The van der Waals surface area contributed by atoms with Gasteiger partial charge in [0.2, 0.25) is 0 Å². The molecule has 1 rings (SSSR count). The highest BCUT2D eigenvalue weighted by Crippen LogP contribution is 2.08. The fraction of sp³-hybridized carbons (Fsp3) is 0. The van der Waals surface area contributed by atoms with Crippen molar-refractivity contribution < 1.29 is 9.21 Å². The summed E-state index contributed by atoms with van der Waals surface area (Å²) in [6, 6.07) is 1.59. The van der Waals surface area contributed by atoms with Gasteiger partial charge in [-0.05, 0) is 22.6 Å². The summed E-state index contributed by atoms with van der Waals surface area (Å²) in [5.74, 6) is -0.457. The number of rotatable bonds is 1. The van der Waals surface area contributed by atoms with Gasteiger partial charge in [0.1, 0.15) is 6.26 Å². The molecule has 1 amide bonds. The van der Waals surface area contributed by atoms with Crippen molar-refractivity contribution in [2.75, 3.05) is 0 Å². The van der Waals surface area contributed by atoms with E-state index in [1.165, 1.54) is 6.26 Å². The Balaban J connectivity index is 2.98. The van der Waals surface area contributed by atoms with Gasteiger partial charge in [-0.1, -0.05) is 0 Å². The molecule has 48 valence electrons. The highest BCUT2D eigenvalue weighted by molar-refractivity contribution is 14.1. The van der Waals surface area contributed by atoms with Gasteiger partial charge >= 0.3 is 0 Å².